The molecule has 0 aliphatic carbocycles. The third-order valence-corrected chi connectivity index (χ3v) is 8.42. The van der Waals surface area contributed by atoms with Gasteiger partial charge in [0.25, 0.3) is 0 Å². The number of benzene rings is 3. The number of nitrogens with one attached hydrogen (secondary N) is 1. The summed E-state index contributed by atoms with van der Waals surface area (Å²) in [5.74, 6) is -0.285. The zero-order valence-electron chi connectivity index (χ0n) is 23.6. The molecule has 3 aromatic rings. The number of anilines is 1. The van der Waals surface area contributed by atoms with Gasteiger partial charge in [0.05, 0.1) is 22.0 Å². The van der Waals surface area contributed by atoms with Crippen LogP contribution in [0.3, 0.4) is 0 Å². The Morgan fingerprint density at radius 2 is 1.51 bits per heavy atom. The number of hydrogen-bond acceptors (Lipinski definition) is 4. The molecule has 3 aromatic carbocycles. The third-order valence-electron chi connectivity index (χ3n) is 6.49. The Hall–Kier alpha value is -3.07. The predicted octanol–water partition coefficient (Wildman–Crippen LogP) is 5.95. The zero-order chi connectivity index (χ0) is 30.0. The van der Waals surface area contributed by atoms with E-state index >= 15 is 0 Å². The molecule has 0 saturated heterocycles. The van der Waals surface area contributed by atoms with Gasteiger partial charge in [-0.05, 0) is 47.7 Å². The summed E-state index contributed by atoms with van der Waals surface area (Å²) < 4.78 is 26.3. The van der Waals surface area contributed by atoms with Crippen molar-refractivity contribution in [2.45, 2.75) is 45.7 Å². The molecule has 0 bridgehead atoms. The number of rotatable bonds is 14. The second-order valence-corrected chi connectivity index (χ2v) is 13.1. The summed E-state index contributed by atoms with van der Waals surface area (Å²) in [6.07, 6.45) is 1.78. The van der Waals surface area contributed by atoms with Gasteiger partial charge >= 0.3 is 0 Å². The van der Waals surface area contributed by atoms with Crippen LogP contribution in [0, 0.1) is 5.92 Å². The lowest BCUT2D eigenvalue weighted by molar-refractivity contribution is -0.141. The van der Waals surface area contributed by atoms with E-state index in [0.717, 1.165) is 17.4 Å². The lowest BCUT2D eigenvalue weighted by Crippen LogP contribution is -2.51. The smallest absolute Gasteiger partial charge is 0.243 e. The molecule has 1 N–H and O–H groups in total. The Labute approximate surface area is 253 Å². The van der Waals surface area contributed by atoms with Crippen molar-refractivity contribution < 1.29 is 18.0 Å². The van der Waals surface area contributed by atoms with Gasteiger partial charge in [0.1, 0.15) is 6.04 Å². The SMILES string of the molecule is CC(C)CNC(=O)C(Cc1ccccc1)N(Cc1ccc(Cl)c(Cl)c1)C(=O)CCCN(c1ccccc1)S(C)(=O)=O. The highest BCUT2D eigenvalue weighted by molar-refractivity contribution is 7.92. The van der Waals surface area contributed by atoms with Gasteiger partial charge in [-0.25, -0.2) is 8.42 Å². The molecule has 7 nitrogen and oxygen atoms in total. The average molecular weight is 619 g/mol. The van der Waals surface area contributed by atoms with Crippen molar-refractivity contribution in [3.63, 3.8) is 0 Å². The second kappa shape index (κ2) is 15.2. The van der Waals surface area contributed by atoms with Gasteiger partial charge in [0.2, 0.25) is 21.8 Å². The molecule has 0 spiro atoms. The topological polar surface area (TPSA) is 86.8 Å². The molecule has 1 atom stereocenters. The van der Waals surface area contributed by atoms with E-state index in [4.69, 9.17) is 23.2 Å². The second-order valence-electron chi connectivity index (χ2n) is 10.4. The summed E-state index contributed by atoms with van der Waals surface area (Å²) in [6.45, 7) is 4.74. The Bertz CT molecular complexity index is 1400. The lowest BCUT2D eigenvalue weighted by atomic mass is 10.0. The number of hydrogen-bond donors (Lipinski definition) is 1. The lowest BCUT2D eigenvalue weighted by Gasteiger charge is -2.32. The summed E-state index contributed by atoms with van der Waals surface area (Å²) in [5.41, 5.74) is 2.17. The summed E-state index contributed by atoms with van der Waals surface area (Å²) in [6, 6.07) is 22.7. The number of amides is 2. The molecule has 0 saturated carbocycles. The van der Waals surface area contributed by atoms with Crippen LogP contribution in [0.15, 0.2) is 78.9 Å². The molecule has 0 aliphatic heterocycles. The van der Waals surface area contributed by atoms with Crippen molar-refractivity contribution in [3.05, 3.63) is 100 Å². The summed E-state index contributed by atoms with van der Waals surface area (Å²) in [4.78, 5) is 29.0. The maximum atomic E-state index is 13.9. The number of carbonyl (C=O) groups excluding carboxylic acids is 2. The first-order chi connectivity index (χ1) is 19.5. The standard InChI is InChI=1S/C31H37Cl2N3O4S/c1-23(2)21-34-31(38)29(20-24-11-6-4-7-12-24)35(22-25-16-17-27(32)28(33)19-25)30(37)15-10-18-36(41(3,39)40)26-13-8-5-9-14-26/h4-9,11-14,16-17,19,23,29H,10,15,18,20-22H2,1-3H3,(H,34,38). The molecule has 3 rings (SSSR count). The van der Waals surface area contributed by atoms with Crippen molar-refractivity contribution in [2.24, 2.45) is 5.92 Å². The first-order valence-corrected chi connectivity index (χ1v) is 16.1. The highest BCUT2D eigenvalue weighted by Gasteiger charge is 2.30. The maximum absolute atomic E-state index is 13.9. The van der Waals surface area contributed by atoms with Crippen LogP contribution in [0.25, 0.3) is 0 Å². The van der Waals surface area contributed by atoms with Crippen LogP contribution in [-0.2, 0) is 32.6 Å². The first-order valence-electron chi connectivity index (χ1n) is 13.5. The molecule has 1 unspecified atom stereocenters. The van der Waals surface area contributed by atoms with Gasteiger partial charge in [0, 0.05) is 32.5 Å². The van der Waals surface area contributed by atoms with E-state index in [2.05, 4.69) is 5.32 Å². The minimum atomic E-state index is -3.56. The minimum Gasteiger partial charge on any atom is -0.354 e. The van der Waals surface area contributed by atoms with Crippen LogP contribution in [0.2, 0.25) is 10.0 Å². The van der Waals surface area contributed by atoms with Crippen molar-refractivity contribution in [3.8, 4) is 0 Å². The quantitative estimate of drug-likeness (QED) is 0.242. The van der Waals surface area contributed by atoms with E-state index in [1.165, 1.54) is 4.31 Å². The summed E-state index contributed by atoms with van der Waals surface area (Å²) >= 11 is 12.4. The van der Waals surface area contributed by atoms with Gasteiger partial charge < -0.3 is 10.2 Å². The van der Waals surface area contributed by atoms with E-state index in [0.29, 0.717) is 28.7 Å². The van der Waals surface area contributed by atoms with Gasteiger partial charge in [-0.2, -0.15) is 0 Å². The zero-order valence-corrected chi connectivity index (χ0v) is 25.9. The molecule has 0 heterocycles. The van der Waals surface area contributed by atoms with Crippen molar-refractivity contribution in [1.82, 2.24) is 10.2 Å². The predicted molar refractivity (Wildman–Crippen MR) is 167 cm³/mol. The van der Waals surface area contributed by atoms with E-state index < -0.39 is 16.1 Å². The molecule has 0 aromatic heterocycles. The summed E-state index contributed by atoms with van der Waals surface area (Å²) in [5, 5.41) is 3.74. The summed E-state index contributed by atoms with van der Waals surface area (Å²) in [7, 11) is -3.56. The maximum Gasteiger partial charge on any atom is 0.243 e. The minimum absolute atomic E-state index is 0.0446. The van der Waals surface area contributed by atoms with Crippen molar-refractivity contribution in [2.75, 3.05) is 23.7 Å². The van der Waals surface area contributed by atoms with Gasteiger partial charge in [0.15, 0.2) is 0 Å². The van der Waals surface area contributed by atoms with Crippen LogP contribution in [0.4, 0.5) is 5.69 Å². The van der Waals surface area contributed by atoms with Crippen LogP contribution in [0.5, 0.6) is 0 Å². The van der Waals surface area contributed by atoms with Gasteiger partial charge in [-0.3, -0.25) is 13.9 Å². The van der Waals surface area contributed by atoms with Crippen molar-refractivity contribution in [1.29, 1.82) is 0 Å². The highest BCUT2D eigenvalue weighted by Crippen LogP contribution is 2.25. The van der Waals surface area contributed by atoms with Crippen LogP contribution in [0.1, 0.15) is 37.8 Å². The largest absolute Gasteiger partial charge is 0.354 e. The monoisotopic (exact) mass is 617 g/mol. The molecular formula is C31H37Cl2N3O4S. The molecule has 10 heteroatoms. The first kappa shape index (κ1) is 32.4. The van der Waals surface area contributed by atoms with Crippen molar-refractivity contribution >= 4 is 50.7 Å². The molecule has 0 fully saturated rings. The van der Waals surface area contributed by atoms with E-state index in [-0.39, 0.29) is 43.7 Å². The molecule has 220 valence electrons. The number of nitrogens with zero attached hydrogens (tertiary/aromatic N) is 2. The Morgan fingerprint density at radius 3 is 2.10 bits per heavy atom. The van der Waals surface area contributed by atoms with E-state index in [9.17, 15) is 18.0 Å². The number of para-hydroxylation sites is 1. The van der Waals surface area contributed by atoms with Gasteiger partial charge in [-0.15, -0.1) is 0 Å². The average Bonchev–Trinajstić information content (AvgIpc) is 2.93. The van der Waals surface area contributed by atoms with Crippen LogP contribution < -0.4 is 9.62 Å². The fourth-order valence-electron chi connectivity index (χ4n) is 4.41. The molecular weight excluding hydrogens is 581 g/mol. The fourth-order valence-corrected chi connectivity index (χ4v) is 5.70. The van der Waals surface area contributed by atoms with E-state index in [1.54, 1.807) is 47.4 Å². The van der Waals surface area contributed by atoms with Crippen LogP contribution >= 0.6 is 23.2 Å². The Balaban J connectivity index is 1.89. The Kier molecular flexibility index (Phi) is 12.1. The number of sulfonamides is 1. The third kappa shape index (κ3) is 10.1. The van der Waals surface area contributed by atoms with Gasteiger partial charge in [-0.1, -0.05) is 91.6 Å². The van der Waals surface area contributed by atoms with Crippen LogP contribution in [-0.4, -0.2) is 50.5 Å². The molecule has 41 heavy (non-hydrogen) atoms. The normalized spacial score (nSPS) is 12.1. The number of carbonyl (C=O) groups is 2. The molecule has 0 aliphatic rings. The highest BCUT2D eigenvalue weighted by atomic mass is 35.5. The molecule has 2 amide bonds. The molecule has 0 radical (unpaired) electrons. The Morgan fingerprint density at radius 1 is 0.878 bits per heavy atom. The fraction of sp³-hybridized carbons (Fsp3) is 0.355. The number of halogens is 2. The van der Waals surface area contributed by atoms with E-state index in [1.807, 2.05) is 50.2 Å².